The first-order valence-corrected chi connectivity index (χ1v) is 7.33. The van der Waals surface area contributed by atoms with Crippen LogP contribution in [0.25, 0.3) is 0 Å². The van der Waals surface area contributed by atoms with Gasteiger partial charge >= 0.3 is 6.09 Å². The van der Waals surface area contributed by atoms with E-state index in [9.17, 15) is 4.79 Å². The fraction of sp³-hybridized carbons (Fsp3) is 0.588. The van der Waals surface area contributed by atoms with Gasteiger partial charge in [0.2, 0.25) is 0 Å². The average molecular weight is 275 g/mol. The molecule has 20 heavy (non-hydrogen) atoms. The molecule has 0 unspecified atom stereocenters. The van der Waals surface area contributed by atoms with E-state index in [4.69, 9.17) is 4.74 Å². The number of carbonyl (C=O) groups is 1. The van der Waals surface area contributed by atoms with E-state index < -0.39 is 0 Å². The second-order valence-corrected chi connectivity index (χ2v) is 6.74. The largest absolute Gasteiger partial charge is 0.445 e. The average Bonchev–Trinajstić information content (AvgIpc) is 2.40. The summed E-state index contributed by atoms with van der Waals surface area (Å²) in [5, 5.41) is 0. The summed E-state index contributed by atoms with van der Waals surface area (Å²) in [4.78, 5) is 14.3. The SMILES string of the molecule is CC1(C)CCCN(C(=O)OCc2ccccc2)C1(C)C. The van der Waals surface area contributed by atoms with Gasteiger partial charge in [-0.2, -0.15) is 0 Å². The predicted octanol–water partition coefficient (Wildman–Crippen LogP) is 4.22. The number of rotatable bonds is 2. The molecule has 1 aliphatic heterocycles. The van der Waals surface area contributed by atoms with Crippen molar-refractivity contribution in [3.05, 3.63) is 35.9 Å². The molecule has 1 aromatic carbocycles. The fourth-order valence-electron chi connectivity index (χ4n) is 2.75. The van der Waals surface area contributed by atoms with Crippen molar-refractivity contribution in [1.82, 2.24) is 4.90 Å². The molecule has 3 nitrogen and oxygen atoms in total. The minimum Gasteiger partial charge on any atom is -0.445 e. The van der Waals surface area contributed by atoms with Crippen LogP contribution in [0.2, 0.25) is 0 Å². The Bertz CT molecular complexity index is 465. The van der Waals surface area contributed by atoms with E-state index in [1.807, 2.05) is 35.2 Å². The van der Waals surface area contributed by atoms with Gasteiger partial charge in [-0.05, 0) is 37.7 Å². The summed E-state index contributed by atoms with van der Waals surface area (Å²) in [6.45, 7) is 9.84. The van der Waals surface area contributed by atoms with Crippen molar-refractivity contribution in [2.45, 2.75) is 52.7 Å². The Morgan fingerprint density at radius 1 is 1.20 bits per heavy atom. The number of carbonyl (C=O) groups excluding carboxylic acids is 1. The Morgan fingerprint density at radius 2 is 1.85 bits per heavy atom. The Balaban J connectivity index is 2.02. The van der Waals surface area contributed by atoms with Gasteiger partial charge in [-0.1, -0.05) is 44.2 Å². The number of nitrogens with zero attached hydrogens (tertiary/aromatic N) is 1. The van der Waals surface area contributed by atoms with Crippen LogP contribution in [0.3, 0.4) is 0 Å². The van der Waals surface area contributed by atoms with Crippen molar-refractivity contribution >= 4 is 6.09 Å². The van der Waals surface area contributed by atoms with Gasteiger partial charge in [0, 0.05) is 12.1 Å². The Hall–Kier alpha value is -1.51. The smallest absolute Gasteiger partial charge is 0.410 e. The summed E-state index contributed by atoms with van der Waals surface area (Å²) in [5.41, 5.74) is 0.950. The van der Waals surface area contributed by atoms with E-state index in [1.54, 1.807) is 0 Å². The van der Waals surface area contributed by atoms with Crippen LogP contribution in [0.5, 0.6) is 0 Å². The molecule has 0 bridgehead atoms. The maximum Gasteiger partial charge on any atom is 0.410 e. The van der Waals surface area contributed by atoms with Crippen LogP contribution in [-0.2, 0) is 11.3 Å². The minimum atomic E-state index is -0.202. The van der Waals surface area contributed by atoms with Gasteiger partial charge in [-0.25, -0.2) is 4.79 Å². The van der Waals surface area contributed by atoms with Crippen molar-refractivity contribution in [2.75, 3.05) is 6.54 Å². The van der Waals surface area contributed by atoms with Crippen LogP contribution < -0.4 is 0 Å². The quantitative estimate of drug-likeness (QED) is 0.808. The number of piperidine rings is 1. The summed E-state index contributed by atoms with van der Waals surface area (Å²) in [6.07, 6.45) is 1.98. The highest BCUT2D eigenvalue weighted by Gasteiger charge is 2.46. The van der Waals surface area contributed by atoms with Gasteiger partial charge in [0.15, 0.2) is 0 Å². The summed E-state index contributed by atoms with van der Waals surface area (Å²) < 4.78 is 5.48. The van der Waals surface area contributed by atoms with Gasteiger partial charge in [0.05, 0.1) is 0 Å². The molecule has 1 heterocycles. The molecular formula is C17H25NO2. The second kappa shape index (κ2) is 5.47. The maximum absolute atomic E-state index is 12.4. The molecule has 2 rings (SSSR count). The Morgan fingerprint density at radius 3 is 2.50 bits per heavy atom. The highest BCUT2D eigenvalue weighted by molar-refractivity contribution is 5.69. The zero-order chi connectivity index (χ0) is 14.8. The first-order chi connectivity index (χ1) is 9.34. The van der Waals surface area contributed by atoms with E-state index in [2.05, 4.69) is 27.7 Å². The summed E-state index contributed by atoms with van der Waals surface area (Å²) in [5.74, 6) is 0. The lowest BCUT2D eigenvalue weighted by molar-refractivity contribution is -0.0292. The molecule has 0 saturated carbocycles. The normalized spacial score (nSPS) is 20.5. The molecule has 0 aliphatic carbocycles. The summed E-state index contributed by atoms with van der Waals surface area (Å²) >= 11 is 0. The number of ether oxygens (including phenoxy) is 1. The number of benzene rings is 1. The minimum absolute atomic E-state index is 0.108. The molecule has 1 aromatic rings. The highest BCUT2D eigenvalue weighted by Crippen LogP contribution is 2.43. The molecule has 3 heteroatoms. The summed E-state index contributed by atoms with van der Waals surface area (Å²) in [7, 11) is 0. The van der Waals surface area contributed by atoms with E-state index in [1.165, 1.54) is 0 Å². The lowest BCUT2D eigenvalue weighted by atomic mass is 9.68. The molecule has 1 fully saturated rings. The van der Waals surface area contributed by atoms with Crippen LogP contribution >= 0.6 is 0 Å². The molecule has 1 aliphatic rings. The Labute approximate surface area is 121 Å². The van der Waals surface area contributed by atoms with Crippen molar-refractivity contribution in [1.29, 1.82) is 0 Å². The molecule has 0 N–H and O–H groups in total. The van der Waals surface area contributed by atoms with Gasteiger partial charge in [-0.15, -0.1) is 0 Å². The Kier molecular flexibility index (Phi) is 4.07. The van der Waals surface area contributed by atoms with Crippen molar-refractivity contribution in [3.63, 3.8) is 0 Å². The summed E-state index contributed by atoms with van der Waals surface area (Å²) in [6, 6.07) is 9.81. The molecule has 110 valence electrons. The predicted molar refractivity (Wildman–Crippen MR) is 80.4 cm³/mol. The molecule has 0 spiro atoms. The van der Waals surface area contributed by atoms with Crippen molar-refractivity contribution in [3.8, 4) is 0 Å². The van der Waals surface area contributed by atoms with E-state index in [-0.39, 0.29) is 17.0 Å². The number of amides is 1. The topological polar surface area (TPSA) is 29.5 Å². The molecule has 1 saturated heterocycles. The fourth-order valence-corrected chi connectivity index (χ4v) is 2.75. The molecule has 0 aromatic heterocycles. The zero-order valence-electron chi connectivity index (χ0n) is 13.0. The molecular weight excluding hydrogens is 250 g/mol. The van der Waals surface area contributed by atoms with E-state index in [0.29, 0.717) is 6.61 Å². The zero-order valence-corrected chi connectivity index (χ0v) is 13.0. The van der Waals surface area contributed by atoms with Crippen LogP contribution in [0.1, 0.15) is 46.1 Å². The maximum atomic E-state index is 12.4. The standard InChI is InChI=1S/C17H25NO2/c1-16(2)11-8-12-18(17(16,3)4)15(19)20-13-14-9-6-5-7-10-14/h5-7,9-10H,8,11-13H2,1-4H3. The number of likely N-dealkylation sites (tertiary alicyclic amines) is 1. The molecule has 1 amide bonds. The third-order valence-corrected chi connectivity index (χ3v) is 4.94. The second-order valence-electron chi connectivity index (χ2n) is 6.74. The van der Waals surface area contributed by atoms with E-state index >= 15 is 0 Å². The van der Waals surface area contributed by atoms with Crippen LogP contribution in [0, 0.1) is 5.41 Å². The number of hydrogen-bond donors (Lipinski definition) is 0. The van der Waals surface area contributed by atoms with Gasteiger partial charge < -0.3 is 9.64 Å². The van der Waals surface area contributed by atoms with Crippen molar-refractivity contribution < 1.29 is 9.53 Å². The molecule has 0 atom stereocenters. The van der Waals surface area contributed by atoms with Gasteiger partial charge in [0.25, 0.3) is 0 Å². The van der Waals surface area contributed by atoms with E-state index in [0.717, 1.165) is 24.9 Å². The third kappa shape index (κ3) is 2.82. The highest BCUT2D eigenvalue weighted by atomic mass is 16.6. The van der Waals surface area contributed by atoms with Crippen LogP contribution in [0.4, 0.5) is 4.79 Å². The number of hydrogen-bond acceptors (Lipinski definition) is 2. The monoisotopic (exact) mass is 275 g/mol. The lowest BCUT2D eigenvalue weighted by Gasteiger charge is -2.52. The lowest BCUT2D eigenvalue weighted by Crippen LogP contribution is -2.59. The van der Waals surface area contributed by atoms with Gasteiger partial charge in [0.1, 0.15) is 6.61 Å². The van der Waals surface area contributed by atoms with Crippen LogP contribution in [-0.4, -0.2) is 23.1 Å². The molecule has 0 radical (unpaired) electrons. The third-order valence-electron chi connectivity index (χ3n) is 4.94. The van der Waals surface area contributed by atoms with Crippen LogP contribution in [0.15, 0.2) is 30.3 Å². The van der Waals surface area contributed by atoms with Gasteiger partial charge in [-0.3, -0.25) is 0 Å². The first-order valence-electron chi connectivity index (χ1n) is 7.33. The van der Waals surface area contributed by atoms with Crippen molar-refractivity contribution in [2.24, 2.45) is 5.41 Å². The first kappa shape index (κ1) is 14.9.